The van der Waals surface area contributed by atoms with Crippen LogP contribution in [-0.2, 0) is 6.54 Å². The van der Waals surface area contributed by atoms with Crippen LogP contribution in [0.4, 0.5) is 4.79 Å². The first-order valence-corrected chi connectivity index (χ1v) is 8.76. The van der Waals surface area contributed by atoms with Crippen LogP contribution in [0.5, 0.6) is 5.75 Å². The maximum Gasteiger partial charge on any atom is 0.317 e. The van der Waals surface area contributed by atoms with Gasteiger partial charge in [0.05, 0.1) is 12.6 Å². The van der Waals surface area contributed by atoms with E-state index in [-0.39, 0.29) is 12.1 Å². The predicted molar refractivity (Wildman–Crippen MR) is 97.3 cm³/mol. The minimum absolute atomic E-state index is 0.0237. The lowest BCUT2D eigenvalue weighted by atomic mass is 10.1. The van der Waals surface area contributed by atoms with Gasteiger partial charge in [0.2, 0.25) is 0 Å². The number of para-hydroxylation sites is 1. The summed E-state index contributed by atoms with van der Waals surface area (Å²) in [5, 5.41) is 2.98. The summed E-state index contributed by atoms with van der Waals surface area (Å²) >= 11 is 0. The Labute approximate surface area is 149 Å². The maximum absolute atomic E-state index is 12.5. The van der Waals surface area contributed by atoms with Gasteiger partial charge in [-0.3, -0.25) is 4.98 Å². The van der Waals surface area contributed by atoms with E-state index in [1.54, 1.807) is 24.3 Å². The molecule has 2 amide bonds. The molecule has 1 fully saturated rings. The Morgan fingerprint density at radius 3 is 2.72 bits per heavy atom. The van der Waals surface area contributed by atoms with Gasteiger partial charge in [0.25, 0.3) is 0 Å². The average molecular weight is 339 g/mol. The highest BCUT2D eigenvalue weighted by molar-refractivity contribution is 5.74. The van der Waals surface area contributed by atoms with Crippen LogP contribution in [0.15, 0.2) is 48.8 Å². The number of urea groups is 1. The number of carbonyl (C=O) groups excluding carboxylic acids is 1. The van der Waals surface area contributed by atoms with Crippen LogP contribution in [0.25, 0.3) is 0 Å². The fraction of sp³-hybridized carbons (Fsp3) is 0.400. The lowest BCUT2D eigenvalue weighted by Gasteiger charge is -2.25. The van der Waals surface area contributed by atoms with Crippen LogP contribution in [0.1, 0.15) is 36.9 Å². The molecule has 1 aliphatic rings. The monoisotopic (exact) mass is 339 g/mol. The Bertz CT molecular complexity index is 701. The summed E-state index contributed by atoms with van der Waals surface area (Å²) in [6, 6.07) is 11.6. The van der Waals surface area contributed by atoms with Crippen molar-refractivity contribution in [2.45, 2.75) is 32.4 Å². The van der Waals surface area contributed by atoms with E-state index in [9.17, 15) is 4.79 Å². The number of benzene rings is 1. The van der Waals surface area contributed by atoms with Crippen LogP contribution in [0.2, 0.25) is 0 Å². The largest absolute Gasteiger partial charge is 0.493 e. The molecule has 1 aromatic heterocycles. The summed E-state index contributed by atoms with van der Waals surface area (Å²) in [7, 11) is 1.80. The van der Waals surface area contributed by atoms with Crippen molar-refractivity contribution in [1.29, 1.82) is 0 Å². The highest BCUT2D eigenvalue weighted by Gasteiger charge is 2.22. The number of ether oxygens (including phenoxy) is 1. The van der Waals surface area contributed by atoms with Crippen molar-refractivity contribution in [1.82, 2.24) is 15.2 Å². The predicted octanol–water partition coefficient (Wildman–Crippen LogP) is 3.77. The maximum atomic E-state index is 12.5. The molecule has 1 N–H and O–H groups in total. The van der Waals surface area contributed by atoms with Crippen molar-refractivity contribution in [2.24, 2.45) is 5.92 Å². The Morgan fingerprint density at radius 1 is 1.28 bits per heavy atom. The van der Waals surface area contributed by atoms with Crippen LogP contribution >= 0.6 is 0 Å². The Balaban J connectivity index is 1.56. The third-order valence-corrected chi connectivity index (χ3v) is 4.66. The normalized spacial score (nSPS) is 14.6. The van der Waals surface area contributed by atoms with E-state index in [0.29, 0.717) is 12.5 Å². The first kappa shape index (κ1) is 17.3. The quantitative estimate of drug-likeness (QED) is 0.835. The van der Waals surface area contributed by atoms with Gasteiger partial charge in [-0.25, -0.2) is 4.79 Å². The van der Waals surface area contributed by atoms with Gasteiger partial charge in [-0.05, 0) is 49.4 Å². The summed E-state index contributed by atoms with van der Waals surface area (Å²) in [5.41, 5.74) is 2.06. The standard InChI is InChI=1S/C20H25N3O2/c1-15(17-9-11-21-12-10-17)23(2)20(24)22-13-18-5-3-4-6-19(18)25-14-16-7-8-16/h3-6,9-12,15-16H,7-8,13-14H2,1-2H3,(H,22,24). The molecule has 0 radical (unpaired) electrons. The number of aromatic nitrogens is 1. The highest BCUT2D eigenvalue weighted by Crippen LogP contribution is 2.30. The fourth-order valence-electron chi connectivity index (χ4n) is 2.62. The zero-order valence-corrected chi connectivity index (χ0v) is 14.8. The Hall–Kier alpha value is -2.56. The number of nitrogens with one attached hydrogen (secondary N) is 1. The van der Waals surface area contributed by atoms with E-state index in [2.05, 4.69) is 10.3 Å². The number of rotatable bonds is 7. The number of carbonyl (C=O) groups is 1. The number of hydrogen-bond donors (Lipinski definition) is 1. The molecule has 1 aliphatic carbocycles. The molecule has 0 aliphatic heterocycles. The highest BCUT2D eigenvalue weighted by atomic mass is 16.5. The second kappa shape index (κ2) is 8.01. The van der Waals surface area contributed by atoms with Crippen molar-refractivity contribution >= 4 is 6.03 Å². The molecule has 1 atom stereocenters. The third kappa shape index (κ3) is 4.72. The molecule has 0 saturated heterocycles. The van der Waals surface area contributed by atoms with E-state index in [0.717, 1.165) is 23.5 Å². The molecular weight excluding hydrogens is 314 g/mol. The van der Waals surface area contributed by atoms with Crippen LogP contribution < -0.4 is 10.1 Å². The number of pyridine rings is 1. The summed E-state index contributed by atoms with van der Waals surface area (Å²) in [5.74, 6) is 1.56. The molecule has 1 heterocycles. The lowest BCUT2D eigenvalue weighted by molar-refractivity contribution is 0.193. The topological polar surface area (TPSA) is 54.5 Å². The molecule has 1 unspecified atom stereocenters. The molecule has 132 valence electrons. The molecule has 25 heavy (non-hydrogen) atoms. The van der Waals surface area contributed by atoms with E-state index in [1.807, 2.05) is 43.3 Å². The van der Waals surface area contributed by atoms with E-state index < -0.39 is 0 Å². The Kier molecular flexibility index (Phi) is 5.53. The summed E-state index contributed by atoms with van der Waals surface area (Å²) < 4.78 is 5.90. The van der Waals surface area contributed by atoms with Crippen LogP contribution in [0, 0.1) is 5.92 Å². The van der Waals surface area contributed by atoms with Gasteiger partial charge >= 0.3 is 6.03 Å². The summed E-state index contributed by atoms with van der Waals surface area (Å²) in [4.78, 5) is 18.2. The third-order valence-electron chi connectivity index (χ3n) is 4.66. The molecule has 0 spiro atoms. The molecule has 0 bridgehead atoms. The molecule has 5 nitrogen and oxygen atoms in total. The van der Waals surface area contributed by atoms with Gasteiger partial charge in [0, 0.05) is 31.5 Å². The second-order valence-corrected chi connectivity index (χ2v) is 6.59. The Morgan fingerprint density at radius 2 is 2.00 bits per heavy atom. The van der Waals surface area contributed by atoms with E-state index >= 15 is 0 Å². The minimum Gasteiger partial charge on any atom is -0.493 e. The minimum atomic E-state index is -0.110. The van der Waals surface area contributed by atoms with Gasteiger partial charge < -0.3 is 15.0 Å². The molecule has 1 aromatic carbocycles. The van der Waals surface area contributed by atoms with Crippen molar-refractivity contribution in [3.05, 3.63) is 59.9 Å². The first-order valence-electron chi connectivity index (χ1n) is 8.76. The number of amides is 2. The zero-order valence-electron chi connectivity index (χ0n) is 14.8. The van der Waals surface area contributed by atoms with Crippen molar-refractivity contribution in [2.75, 3.05) is 13.7 Å². The smallest absolute Gasteiger partial charge is 0.317 e. The van der Waals surface area contributed by atoms with E-state index in [1.165, 1.54) is 12.8 Å². The van der Waals surface area contributed by atoms with Gasteiger partial charge in [-0.1, -0.05) is 18.2 Å². The van der Waals surface area contributed by atoms with Gasteiger partial charge in [-0.2, -0.15) is 0 Å². The summed E-state index contributed by atoms with van der Waals surface area (Å²) in [6.07, 6.45) is 6.00. The molecule has 1 saturated carbocycles. The van der Waals surface area contributed by atoms with Gasteiger partial charge in [0.15, 0.2) is 0 Å². The van der Waals surface area contributed by atoms with Crippen LogP contribution in [0.3, 0.4) is 0 Å². The second-order valence-electron chi connectivity index (χ2n) is 6.59. The van der Waals surface area contributed by atoms with Crippen molar-refractivity contribution in [3.8, 4) is 5.75 Å². The molecule has 2 aromatic rings. The lowest BCUT2D eigenvalue weighted by Crippen LogP contribution is -2.38. The SMILES string of the molecule is CC(c1ccncc1)N(C)C(=O)NCc1ccccc1OCC1CC1. The summed E-state index contributed by atoms with van der Waals surface area (Å²) in [6.45, 7) is 3.22. The van der Waals surface area contributed by atoms with Crippen molar-refractivity contribution < 1.29 is 9.53 Å². The first-order chi connectivity index (χ1) is 12.1. The molecule has 5 heteroatoms. The van der Waals surface area contributed by atoms with Gasteiger partial charge in [0.1, 0.15) is 5.75 Å². The van der Waals surface area contributed by atoms with Crippen molar-refractivity contribution in [3.63, 3.8) is 0 Å². The molecule has 3 rings (SSSR count). The number of nitrogens with zero attached hydrogens (tertiary/aromatic N) is 2. The van der Waals surface area contributed by atoms with Crippen LogP contribution in [-0.4, -0.2) is 29.6 Å². The zero-order chi connectivity index (χ0) is 17.6. The number of hydrogen-bond acceptors (Lipinski definition) is 3. The van der Waals surface area contributed by atoms with E-state index in [4.69, 9.17) is 4.74 Å². The average Bonchev–Trinajstić information content (AvgIpc) is 3.49. The van der Waals surface area contributed by atoms with Gasteiger partial charge in [-0.15, -0.1) is 0 Å². The molecular formula is C20H25N3O2. The fourth-order valence-corrected chi connectivity index (χ4v) is 2.62.